The van der Waals surface area contributed by atoms with E-state index in [0.717, 1.165) is 24.3 Å². The van der Waals surface area contributed by atoms with E-state index in [1.54, 1.807) is 12.7 Å². The number of hydrogen-bond acceptors (Lipinski definition) is 5. The van der Waals surface area contributed by atoms with Crippen LogP contribution in [0.15, 0.2) is 40.3 Å². The number of nitrogens with zero attached hydrogens (tertiary/aromatic N) is 2. The standard InChI is InChI=1S/C18H23N3O2/c1-22-16-10-6-5-9-15(16)18-21-20-17(23-18)13-19-12-11-14-7-3-2-4-8-14/h5-7,9-10,19H,2-4,8,11-13H2,1H3. The van der Waals surface area contributed by atoms with Crippen molar-refractivity contribution in [2.75, 3.05) is 13.7 Å². The van der Waals surface area contributed by atoms with E-state index in [9.17, 15) is 0 Å². The van der Waals surface area contributed by atoms with Crippen LogP contribution in [0.3, 0.4) is 0 Å². The van der Waals surface area contributed by atoms with Crippen molar-refractivity contribution in [3.05, 3.63) is 41.8 Å². The van der Waals surface area contributed by atoms with E-state index in [1.165, 1.54) is 25.7 Å². The number of benzene rings is 1. The van der Waals surface area contributed by atoms with Crippen LogP contribution < -0.4 is 10.1 Å². The van der Waals surface area contributed by atoms with Crippen molar-refractivity contribution in [3.8, 4) is 17.2 Å². The average Bonchev–Trinajstić information content (AvgIpc) is 3.08. The maximum Gasteiger partial charge on any atom is 0.251 e. The molecule has 0 amide bonds. The number of nitrogens with one attached hydrogen (secondary N) is 1. The van der Waals surface area contributed by atoms with Crippen LogP contribution in [0.1, 0.15) is 38.0 Å². The fourth-order valence-corrected chi connectivity index (χ4v) is 2.83. The minimum atomic E-state index is 0.495. The first kappa shape index (κ1) is 15.7. The summed E-state index contributed by atoms with van der Waals surface area (Å²) < 4.78 is 11.0. The van der Waals surface area contributed by atoms with Gasteiger partial charge in [0, 0.05) is 0 Å². The number of rotatable bonds is 7. The summed E-state index contributed by atoms with van der Waals surface area (Å²) in [6, 6.07) is 7.65. The molecular formula is C18H23N3O2. The number of hydrogen-bond donors (Lipinski definition) is 1. The topological polar surface area (TPSA) is 60.2 Å². The Hall–Kier alpha value is -2.14. The first-order chi connectivity index (χ1) is 11.4. The van der Waals surface area contributed by atoms with Crippen molar-refractivity contribution in [2.24, 2.45) is 0 Å². The highest BCUT2D eigenvalue weighted by Gasteiger charge is 2.12. The molecule has 0 saturated carbocycles. The van der Waals surface area contributed by atoms with Crippen molar-refractivity contribution in [2.45, 2.75) is 38.6 Å². The third-order valence-electron chi connectivity index (χ3n) is 4.09. The van der Waals surface area contributed by atoms with Crippen LogP contribution in [0.2, 0.25) is 0 Å². The Kier molecular flexibility index (Phi) is 5.42. The van der Waals surface area contributed by atoms with Gasteiger partial charge >= 0.3 is 0 Å². The van der Waals surface area contributed by atoms with Crippen LogP contribution in [0.25, 0.3) is 11.5 Å². The van der Waals surface area contributed by atoms with E-state index >= 15 is 0 Å². The summed E-state index contributed by atoms with van der Waals surface area (Å²) in [7, 11) is 1.64. The van der Waals surface area contributed by atoms with Gasteiger partial charge in [0.15, 0.2) is 0 Å². The molecule has 5 nitrogen and oxygen atoms in total. The van der Waals surface area contributed by atoms with E-state index in [1.807, 2.05) is 24.3 Å². The number of ether oxygens (including phenoxy) is 1. The minimum Gasteiger partial charge on any atom is -0.496 e. The van der Waals surface area contributed by atoms with Crippen molar-refractivity contribution in [3.63, 3.8) is 0 Å². The Balaban J connectivity index is 1.52. The lowest BCUT2D eigenvalue weighted by Gasteiger charge is -2.12. The molecule has 1 aliphatic carbocycles. The molecule has 0 bridgehead atoms. The molecule has 3 rings (SSSR count). The molecule has 0 fully saturated rings. The molecule has 0 saturated heterocycles. The summed E-state index contributed by atoms with van der Waals surface area (Å²) in [5, 5.41) is 11.6. The normalized spacial score (nSPS) is 14.6. The zero-order valence-electron chi connectivity index (χ0n) is 13.5. The number of para-hydroxylation sites is 1. The molecule has 122 valence electrons. The SMILES string of the molecule is COc1ccccc1-c1nnc(CNCCC2=CCCCC2)o1. The predicted molar refractivity (Wildman–Crippen MR) is 89.2 cm³/mol. The molecule has 0 atom stereocenters. The van der Waals surface area contributed by atoms with Crippen molar-refractivity contribution in [1.82, 2.24) is 15.5 Å². The maximum atomic E-state index is 5.72. The quantitative estimate of drug-likeness (QED) is 0.623. The molecular weight excluding hydrogens is 290 g/mol. The second-order valence-corrected chi connectivity index (χ2v) is 5.74. The average molecular weight is 313 g/mol. The first-order valence-electron chi connectivity index (χ1n) is 8.21. The minimum absolute atomic E-state index is 0.495. The fourth-order valence-electron chi connectivity index (χ4n) is 2.83. The number of methoxy groups -OCH3 is 1. The molecule has 1 N–H and O–H groups in total. The Bertz CT molecular complexity index is 664. The van der Waals surface area contributed by atoms with Gasteiger partial charge in [0.05, 0.1) is 19.2 Å². The Morgan fingerprint density at radius 3 is 2.96 bits per heavy atom. The lowest BCUT2D eigenvalue weighted by atomic mass is 9.97. The molecule has 0 spiro atoms. The van der Waals surface area contributed by atoms with Crippen molar-refractivity contribution >= 4 is 0 Å². The number of allylic oxidation sites excluding steroid dienone is 1. The van der Waals surface area contributed by atoms with Gasteiger partial charge in [-0.3, -0.25) is 0 Å². The van der Waals surface area contributed by atoms with Gasteiger partial charge in [-0.05, 0) is 50.8 Å². The van der Waals surface area contributed by atoms with Crippen LogP contribution in [-0.2, 0) is 6.54 Å². The van der Waals surface area contributed by atoms with E-state index in [4.69, 9.17) is 9.15 Å². The van der Waals surface area contributed by atoms with Gasteiger partial charge < -0.3 is 14.5 Å². The van der Waals surface area contributed by atoms with Gasteiger partial charge in [-0.1, -0.05) is 23.8 Å². The van der Waals surface area contributed by atoms with Crippen LogP contribution in [0.4, 0.5) is 0 Å². The maximum absolute atomic E-state index is 5.72. The van der Waals surface area contributed by atoms with Gasteiger partial charge in [-0.25, -0.2) is 0 Å². The van der Waals surface area contributed by atoms with Crippen molar-refractivity contribution < 1.29 is 9.15 Å². The van der Waals surface area contributed by atoms with Gasteiger partial charge in [-0.15, -0.1) is 10.2 Å². The second-order valence-electron chi connectivity index (χ2n) is 5.74. The zero-order chi connectivity index (χ0) is 15.9. The van der Waals surface area contributed by atoms with E-state index in [2.05, 4.69) is 21.6 Å². The molecule has 0 unspecified atom stereocenters. The number of aromatic nitrogens is 2. The monoisotopic (exact) mass is 313 g/mol. The molecule has 2 aromatic rings. The lowest BCUT2D eigenvalue weighted by Crippen LogP contribution is -2.15. The molecule has 5 heteroatoms. The van der Waals surface area contributed by atoms with Gasteiger partial charge in [0.1, 0.15) is 5.75 Å². The van der Waals surface area contributed by atoms with Gasteiger partial charge in [0.2, 0.25) is 5.89 Å². The molecule has 0 radical (unpaired) electrons. The molecule has 0 aliphatic heterocycles. The summed E-state index contributed by atoms with van der Waals surface area (Å²) in [4.78, 5) is 0. The molecule has 23 heavy (non-hydrogen) atoms. The van der Waals surface area contributed by atoms with Crippen LogP contribution in [0, 0.1) is 0 Å². The highest BCUT2D eigenvalue weighted by molar-refractivity contribution is 5.62. The summed E-state index contributed by atoms with van der Waals surface area (Å²) in [6.07, 6.45) is 8.65. The summed E-state index contributed by atoms with van der Waals surface area (Å²) in [6.45, 7) is 1.54. The Morgan fingerprint density at radius 2 is 2.13 bits per heavy atom. The van der Waals surface area contributed by atoms with E-state index < -0.39 is 0 Å². The second kappa shape index (κ2) is 7.92. The predicted octanol–water partition coefficient (Wildman–Crippen LogP) is 3.73. The smallest absolute Gasteiger partial charge is 0.251 e. The summed E-state index contributed by atoms with van der Waals surface area (Å²) in [5.74, 6) is 1.83. The van der Waals surface area contributed by atoms with Gasteiger partial charge in [-0.2, -0.15) is 0 Å². The molecule has 1 heterocycles. The highest BCUT2D eigenvalue weighted by atomic mass is 16.5. The van der Waals surface area contributed by atoms with E-state index in [-0.39, 0.29) is 0 Å². The molecule has 1 aromatic heterocycles. The summed E-state index contributed by atoms with van der Waals surface area (Å²) >= 11 is 0. The third kappa shape index (κ3) is 4.20. The largest absolute Gasteiger partial charge is 0.496 e. The Labute approximate surface area is 136 Å². The lowest BCUT2D eigenvalue weighted by molar-refractivity contribution is 0.413. The van der Waals surface area contributed by atoms with Crippen LogP contribution in [-0.4, -0.2) is 23.9 Å². The molecule has 1 aliphatic rings. The molecule has 1 aromatic carbocycles. The fraction of sp³-hybridized carbons (Fsp3) is 0.444. The third-order valence-corrected chi connectivity index (χ3v) is 4.09. The zero-order valence-corrected chi connectivity index (χ0v) is 13.5. The summed E-state index contributed by atoms with van der Waals surface area (Å²) in [5.41, 5.74) is 2.39. The van der Waals surface area contributed by atoms with Gasteiger partial charge in [0.25, 0.3) is 5.89 Å². The van der Waals surface area contributed by atoms with E-state index in [0.29, 0.717) is 18.3 Å². The van der Waals surface area contributed by atoms with Crippen LogP contribution >= 0.6 is 0 Å². The van der Waals surface area contributed by atoms with Crippen LogP contribution in [0.5, 0.6) is 5.75 Å². The van der Waals surface area contributed by atoms with Crippen molar-refractivity contribution in [1.29, 1.82) is 0 Å². The Morgan fingerprint density at radius 1 is 1.22 bits per heavy atom. The highest BCUT2D eigenvalue weighted by Crippen LogP contribution is 2.28. The first-order valence-corrected chi connectivity index (χ1v) is 8.21.